The lowest BCUT2D eigenvalue weighted by atomic mass is 10.1. The first kappa shape index (κ1) is 12.4. The van der Waals surface area contributed by atoms with Gasteiger partial charge in [-0.25, -0.2) is 4.98 Å². The molecule has 0 spiro atoms. The first-order valence-corrected chi connectivity index (χ1v) is 6.94. The van der Waals surface area contributed by atoms with E-state index in [0.29, 0.717) is 5.65 Å². The third-order valence-corrected chi connectivity index (χ3v) is 4.10. The summed E-state index contributed by atoms with van der Waals surface area (Å²) in [6, 6.07) is 6.32. The normalized spacial score (nSPS) is 11.1. The van der Waals surface area contributed by atoms with E-state index in [0.717, 1.165) is 15.3 Å². The molecule has 0 saturated carbocycles. The predicted octanol–water partition coefficient (Wildman–Crippen LogP) is 3.77. The number of nitrogens with one attached hydrogen (secondary N) is 1. The minimum atomic E-state index is 0.225. The molecule has 3 aromatic rings. The van der Waals surface area contributed by atoms with E-state index in [-0.39, 0.29) is 5.28 Å². The Morgan fingerprint density at radius 1 is 1.16 bits per heavy atom. The molecular formula is C13H11ClN4S. The molecule has 0 radical (unpaired) electrons. The maximum absolute atomic E-state index is 5.92. The van der Waals surface area contributed by atoms with Gasteiger partial charge in [0.1, 0.15) is 5.03 Å². The molecule has 2 heterocycles. The van der Waals surface area contributed by atoms with Gasteiger partial charge >= 0.3 is 0 Å². The number of fused-ring (bicyclic) bond motifs is 1. The average molecular weight is 291 g/mol. The van der Waals surface area contributed by atoms with Gasteiger partial charge in [0.2, 0.25) is 5.28 Å². The van der Waals surface area contributed by atoms with Crippen molar-refractivity contribution in [3.8, 4) is 0 Å². The fourth-order valence-corrected chi connectivity index (χ4v) is 2.95. The SMILES string of the molecule is Cc1ccc(Sc2nc(Cl)nc3[nH]ncc23)cc1C. The number of benzene rings is 1. The minimum Gasteiger partial charge on any atom is -0.261 e. The zero-order valence-electron chi connectivity index (χ0n) is 10.4. The molecule has 4 nitrogen and oxygen atoms in total. The zero-order chi connectivity index (χ0) is 13.4. The Bertz CT molecular complexity index is 753. The summed E-state index contributed by atoms with van der Waals surface area (Å²) < 4.78 is 0. The molecule has 1 aromatic carbocycles. The molecular weight excluding hydrogens is 280 g/mol. The highest BCUT2D eigenvalue weighted by Gasteiger charge is 2.10. The highest BCUT2D eigenvalue weighted by Crippen LogP contribution is 2.32. The smallest absolute Gasteiger partial charge is 0.225 e. The van der Waals surface area contributed by atoms with Gasteiger partial charge in [0.05, 0.1) is 11.6 Å². The first-order valence-electron chi connectivity index (χ1n) is 5.75. The van der Waals surface area contributed by atoms with Crippen LogP contribution >= 0.6 is 23.4 Å². The summed E-state index contributed by atoms with van der Waals surface area (Å²) >= 11 is 7.48. The zero-order valence-corrected chi connectivity index (χ0v) is 12.0. The van der Waals surface area contributed by atoms with Crippen LogP contribution in [0.4, 0.5) is 0 Å². The van der Waals surface area contributed by atoms with Crippen molar-refractivity contribution >= 4 is 34.4 Å². The molecule has 0 aliphatic heterocycles. The van der Waals surface area contributed by atoms with Crippen molar-refractivity contribution in [2.45, 2.75) is 23.8 Å². The van der Waals surface area contributed by atoms with Gasteiger partial charge in [-0.3, -0.25) is 5.10 Å². The molecule has 0 unspecified atom stereocenters. The van der Waals surface area contributed by atoms with Gasteiger partial charge in [0.15, 0.2) is 5.65 Å². The van der Waals surface area contributed by atoms with Crippen LogP contribution in [-0.4, -0.2) is 20.2 Å². The van der Waals surface area contributed by atoms with Crippen LogP contribution in [0.3, 0.4) is 0 Å². The number of nitrogens with zero attached hydrogens (tertiary/aromatic N) is 3. The van der Waals surface area contributed by atoms with E-state index in [1.54, 1.807) is 18.0 Å². The second-order valence-corrected chi connectivity index (χ2v) is 5.68. The molecule has 96 valence electrons. The fraction of sp³-hybridized carbons (Fsp3) is 0.154. The van der Waals surface area contributed by atoms with Gasteiger partial charge in [-0.1, -0.05) is 17.8 Å². The highest BCUT2D eigenvalue weighted by molar-refractivity contribution is 7.99. The molecule has 1 N–H and O–H groups in total. The van der Waals surface area contributed by atoms with Crippen LogP contribution in [-0.2, 0) is 0 Å². The standard InChI is InChI=1S/C13H11ClN4S/c1-7-3-4-9(5-8(7)2)19-12-10-6-15-18-11(10)16-13(14)17-12/h3-6H,1-2H3,(H,15,16,17,18). The van der Waals surface area contributed by atoms with Crippen LogP contribution in [0.5, 0.6) is 0 Å². The van der Waals surface area contributed by atoms with E-state index in [9.17, 15) is 0 Å². The lowest BCUT2D eigenvalue weighted by molar-refractivity contribution is 1.07. The summed E-state index contributed by atoms with van der Waals surface area (Å²) in [5, 5.41) is 8.70. The number of aryl methyl sites for hydroxylation is 2. The van der Waals surface area contributed by atoms with Crippen molar-refractivity contribution in [1.29, 1.82) is 0 Å². The minimum absolute atomic E-state index is 0.225. The van der Waals surface area contributed by atoms with Crippen molar-refractivity contribution in [1.82, 2.24) is 20.2 Å². The first-order chi connectivity index (χ1) is 9.13. The van der Waals surface area contributed by atoms with Crippen LogP contribution in [0.2, 0.25) is 5.28 Å². The van der Waals surface area contributed by atoms with E-state index >= 15 is 0 Å². The Kier molecular flexibility index (Phi) is 3.16. The Hall–Kier alpha value is -1.59. The number of aromatic nitrogens is 4. The number of H-pyrrole nitrogens is 1. The number of rotatable bonds is 2. The van der Waals surface area contributed by atoms with Gasteiger partial charge in [-0.2, -0.15) is 10.1 Å². The molecule has 0 fully saturated rings. The maximum atomic E-state index is 5.92. The van der Waals surface area contributed by atoms with Crippen molar-refractivity contribution in [3.05, 3.63) is 40.8 Å². The van der Waals surface area contributed by atoms with E-state index in [1.807, 2.05) is 0 Å². The van der Waals surface area contributed by atoms with E-state index in [1.165, 1.54) is 11.1 Å². The molecule has 0 aliphatic carbocycles. The number of hydrogen-bond donors (Lipinski definition) is 1. The van der Waals surface area contributed by atoms with Gasteiger partial charge in [-0.15, -0.1) is 0 Å². The molecule has 0 saturated heterocycles. The topological polar surface area (TPSA) is 54.5 Å². The molecule has 0 atom stereocenters. The van der Waals surface area contributed by atoms with Gasteiger partial charge in [0.25, 0.3) is 0 Å². The molecule has 0 aliphatic rings. The van der Waals surface area contributed by atoms with E-state index in [2.05, 4.69) is 52.2 Å². The van der Waals surface area contributed by atoms with Crippen LogP contribution in [0.15, 0.2) is 34.3 Å². The van der Waals surface area contributed by atoms with Crippen LogP contribution in [0, 0.1) is 13.8 Å². The van der Waals surface area contributed by atoms with Gasteiger partial charge < -0.3 is 0 Å². The Labute approximate surface area is 119 Å². The maximum Gasteiger partial charge on any atom is 0.225 e. The summed E-state index contributed by atoms with van der Waals surface area (Å²) in [4.78, 5) is 9.50. The third-order valence-electron chi connectivity index (χ3n) is 2.94. The van der Waals surface area contributed by atoms with Gasteiger partial charge in [0, 0.05) is 4.90 Å². The van der Waals surface area contributed by atoms with E-state index < -0.39 is 0 Å². The summed E-state index contributed by atoms with van der Waals surface area (Å²) in [6.45, 7) is 4.19. The van der Waals surface area contributed by atoms with Crippen molar-refractivity contribution in [3.63, 3.8) is 0 Å². The molecule has 0 bridgehead atoms. The van der Waals surface area contributed by atoms with Crippen molar-refractivity contribution in [2.24, 2.45) is 0 Å². The van der Waals surface area contributed by atoms with Crippen LogP contribution in [0.1, 0.15) is 11.1 Å². The number of halogens is 1. The number of hydrogen-bond acceptors (Lipinski definition) is 4. The third kappa shape index (κ3) is 2.43. The molecule has 19 heavy (non-hydrogen) atoms. The lowest BCUT2D eigenvalue weighted by Gasteiger charge is -2.05. The summed E-state index contributed by atoms with van der Waals surface area (Å²) in [5.41, 5.74) is 3.19. The van der Waals surface area contributed by atoms with Crippen molar-refractivity contribution in [2.75, 3.05) is 0 Å². The van der Waals surface area contributed by atoms with Crippen LogP contribution in [0.25, 0.3) is 11.0 Å². The summed E-state index contributed by atoms with van der Waals surface area (Å²) in [7, 11) is 0. The molecule has 3 rings (SSSR count). The van der Waals surface area contributed by atoms with Crippen LogP contribution < -0.4 is 0 Å². The molecule has 2 aromatic heterocycles. The number of aromatic amines is 1. The van der Waals surface area contributed by atoms with Crippen molar-refractivity contribution < 1.29 is 0 Å². The Morgan fingerprint density at radius 3 is 2.79 bits per heavy atom. The summed E-state index contributed by atoms with van der Waals surface area (Å²) in [6.07, 6.45) is 1.72. The van der Waals surface area contributed by atoms with E-state index in [4.69, 9.17) is 11.6 Å². The monoisotopic (exact) mass is 290 g/mol. The Balaban J connectivity index is 2.04. The second-order valence-electron chi connectivity index (χ2n) is 4.28. The Morgan fingerprint density at radius 2 is 2.00 bits per heavy atom. The summed E-state index contributed by atoms with van der Waals surface area (Å²) in [5.74, 6) is 0. The highest BCUT2D eigenvalue weighted by atomic mass is 35.5. The predicted molar refractivity (Wildman–Crippen MR) is 76.7 cm³/mol. The largest absolute Gasteiger partial charge is 0.261 e. The fourth-order valence-electron chi connectivity index (χ4n) is 1.75. The molecule has 6 heteroatoms. The quantitative estimate of drug-likeness (QED) is 0.576. The average Bonchev–Trinajstić information content (AvgIpc) is 2.82. The lowest BCUT2D eigenvalue weighted by Crippen LogP contribution is -1.88. The van der Waals surface area contributed by atoms with Gasteiger partial charge in [-0.05, 0) is 48.7 Å². The molecule has 0 amide bonds. The second kappa shape index (κ2) is 4.83.